The molecule has 2 aromatic carbocycles. The molecule has 4 nitrogen and oxygen atoms in total. The molecule has 0 bridgehead atoms. The van der Waals surface area contributed by atoms with Crippen LogP contribution in [0.1, 0.15) is 17.2 Å². The van der Waals surface area contributed by atoms with Crippen LogP contribution in [0.2, 0.25) is 0 Å². The number of halogens is 2. The molecule has 2 aromatic rings. The van der Waals surface area contributed by atoms with Crippen molar-refractivity contribution >= 4 is 10.0 Å². The highest BCUT2D eigenvalue weighted by atomic mass is 32.2. The lowest BCUT2D eigenvalue weighted by Crippen LogP contribution is -2.49. The molecule has 1 fully saturated rings. The average molecular weight is 366 g/mol. The van der Waals surface area contributed by atoms with E-state index in [9.17, 15) is 17.2 Å². The summed E-state index contributed by atoms with van der Waals surface area (Å²) >= 11 is 0. The molecular weight excluding hydrogens is 346 g/mol. The number of nitrogens with zero attached hydrogens (tertiary/aromatic N) is 2. The fourth-order valence-corrected chi connectivity index (χ4v) is 4.60. The first-order valence-corrected chi connectivity index (χ1v) is 9.45. The van der Waals surface area contributed by atoms with E-state index in [1.807, 2.05) is 11.9 Å². The molecule has 1 aliphatic heterocycles. The first-order chi connectivity index (χ1) is 11.8. The van der Waals surface area contributed by atoms with Crippen molar-refractivity contribution in [2.75, 3.05) is 26.7 Å². The Kier molecular flexibility index (Phi) is 4.90. The number of benzene rings is 2. The van der Waals surface area contributed by atoms with E-state index < -0.39 is 15.8 Å². The molecule has 1 aliphatic rings. The molecule has 0 spiro atoms. The standard InChI is InChI=1S/C18H20F2N2O2S/c1-13-11-14(7-8-16(13)19)25(23,24)22-10-9-21(2)18(12-22)15-5-3-4-6-17(15)20/h3-8,11,18H,9-10,12H2,1-2H3. The van der Waals surface area contributed by atoms with Gasteiger partial charge in [-0.3, -0.25) is 4.90 Å². The zero-order valence-electron chi connectivity index (χ0n) is 14.1. The zero-order chi connectivity index (χ0) is 18.2. The minimum Gasteiger partial charge on any atom is -0.297 e. The highest BCUT2D eigenvalue weighted by Gasteiger charge is 2.34. The van der Waals surface area contributed by atoms with Gasteiger partial charge in [0.15, 0.2) is 0 Å². The van der Waals surface area contributed by atoms with Gasteiger partial charge in [0, 0.05) is 25.2 Å². The summed E-state index contributed by atoms with van der Waals surface area (Å²) in [6.07, 6.45) is 0. The predicted molar refractivity (Wildman–Crippen MR) is 91.7 cm³/mol. The minimum atomic E-state index is -3.76. The summed E-state index contributed by atoms with van der Waals surface area (Å²) < 4.78 is 54.8. The Morgan fingerprint density at radius 1 is 1.04 bits per heavy atom. The lowest BCUT2D eigenvalue weighted by Gasteiger charge is -2.39. The van der Waals surface area contributed by atoms with E-state index in [4.69, 9.17) is 0 Å². The smallest absolute Gasteiger partial charge is 0.243 e. The largest absolute Gasteiger partial charge is 0.297 e. The van der Waals surface area contributed by atoms with Gasteiger partial charge in [0.2, 0.25) is 10.0 Å². The first-order valence-electron chi connectivity index (χ1n) is 8.01. The molecule has 0 aliphatic carbocycles. The van der Waals surface area contributed by atoms with Crippen LogP contribution in [0.5, 0.6) is 0 Å². The Morgan fingerprint density at radius 2 is 1.76 bits per heavy atom. The van der Waals surface area contributed by atoms with E-state index in [1.165, 1.54) is 29.4 Å². The van der Waals surface area contributed by atoms with E-state index in [0.717, 1.165) is 6.07 Å². The number of piperazine rings is 1. The van der Waals surface area contributed by atoms with Crippen LogP contribution in [0.25, 0.3) is 0 Å². The van der Waals surface area contributed by atoms with Gasteiger partial charge >= 0.3 is 0 Å². The van der Waals surface area contributed by atoms with Gasteiger partial charge in [-0.15, -0.1) is 0 Å². The van der Waals surface area contributed by atoms with Crippen molar-refractivity contribution in [3.05, 3.63) is 65.2 Å². The van der Waals surface area contributed by atoms with Gasteiger partial charge in [-0.05, 0) is 43.8 Å². The number of aryl methyl sites for hydroxylation is 1. The molecule has 1 unspecified atom stereocenters. The van der Waals surface area contributed by atoms with Crippen molar-refractivity contribution in [1.82, 2.24) is 9.21 Å². The van der Waals surface area contributed by atoms with E-state index >= 15 is 0 Å². The summed E-state index contributed by atoms with van der Waals surface area (Å²) in [5.41, 5.74) is 0.751. The van der Waals surface area contributed by atoms with Gasteiger partial charge in [0.25, 0.3) is 0 Å². The molecule has 0 N–H and O–H groups in total. The molecule has 1 atom stereocenters. The fraction of sp³-hybridized carbons (Fsp3) is 0.333. The third kappa shape index (κ3) is 3.44. The Hall–Kier alpha value is -1.83. The molecule has 0 aromatic heterocycles. The van der Waals surface area contributed by atoms with E-state index in [2.05, 4.69) is 0 Å². The Morgan fingerprint density at radius 3 is 2.44 bits per heavy atom. The summed E-state index contributed by atoms with van der Waals surface area (Å²) in [5.74, 6) is -0.794. The molecular formula is C18H20F2N2O2S. The normalized spacial score (nSPS) is 19.9. The maximum Gasteiger partial charge on any atom is 0.243 e. The molecule has 1 heterocycles. The maximum atomic E-state index is 14.2. The van der Waals surface area contributed by atoms with Gasteiger partial charge < -0.3 is 0 Å². The number of sulfonamides is 1. The van der Waals surface area contributed by atoms with Crippen molar-refractivity contribution in [2.24, 2.45) is 0 Å². The second-order valence-corrected chi connectivity index (χ2v) is 8.23. The number of rotatable bonds is 3. The summed E-state index contributed by atoms with van der Waals surface area (Å²) in [4.78, 5) is 2.00. The van der Waals surface area contributed by atoms with Crippen LogP contribution in [0.15, 0.2) is 47.4 Å². The zero-order valence-corrected chi connectivity index (χ0v) is 14.9. The van der Waals surface area contributed by atoms with Crippen molar-refractivity contribution in [3.63, 3.8) is 0 Å². The number of hydrogen-bond donors (Lipinski definition) is 0. The SMILES string of the molecule is Cc1cc(S(=O)(=O)N2CCN(C)C(c3ccccc3F)C2)ccc1F. The highest BCUT2D eigenvalue weighted by Crippen LogP contribution is 2.29. The number of hydrogen-bond acceptors (Lipinski definition) is 3. The number of likely N-dealkylation sites (N-methyl/N-ethyl adjacent to an activating group) is 1. The molecule has 25 heavy (non-hydrogen) atoms. The topological polar surface area (TPSA) is 40.6 Å². The van der Waals surface area contributed by atoms with Crippen molar-refractivity contribution in [3.8, 4) is 0 Å². The Labute approximate surface area is 146 Å². The third-order valence-corrected chi connectivity index (χ3v) is 6.50. The highest BCUT2D eigenvalue weighted by molar-refractivity contribution is 7.89. The van der Waals surface area contributed by atoms with Gasteiger partial charge in [-0.25, -0.2) is 17.2 Å². The molecule has 0 radical (unpaired) electrons. The van der Waals surface area contributed by atoms with Crippen LogP contribution in [0.3, 0.4) is 0 Å². The Balaban J connectivity index is 1.92. The second kappa shape index (κ2) is 6.82. The molecule has 0 saturated carbocycles. The predicted octanol–water partition coefficient (Wildman–Crippen LogP) is 2.95. The second-order valence-electron chi connectivity index (χ2n) is 6.29. The monoisotopic (exact) mass is 366 g/mol. The van der Waals surface area contributed by atoms with E-state index in [1.54, 1.807) is 18.2 Å². The summed E-state index contributed by atoms with van der Waals surface area (Å²) in [5, 5.41) is 0. The molecule has 3 rings (SSSR count). The molecule has 7 heteroatoms. The summed E-state index contributed by atoms with van der Waals surface area (Å²) in [6, 6.07) is 9.79. The molecule has 134 valence electrons. The van der Waals surface area contributed by atoms with Crippen molar-refractivity contribution in [2.45, 2.75) is 17.9 Å². The lowest BCUT2D eigenvalue weighted by molar-refractivity contribution is 0.145. The van der Waals surface area contributed by atoms with Crippen LogP contribution in [-0.4, -0.2) is 44.3 Å². The van der Waals surface area contributed by atoms with Crippen LogP contribution in [0.4, 0.5) is 8.78 Å². The third-order valence-electron chi connectivity index (χ3n) is 4.64. The minimum absolute atomic E-state index is 0.0586. The molecule has 0 amide bonds. The van der Waals surface area contributed by atoms with E-state index in [-0.39, 0.29) is 28.9 Å². The fourth-order valence-electron chi connectivity index (χ4n) is 3.07. The summed E-state index contributed by atoms with van der Waals surface area (Å²) in [7, 11) is -1.91. The average Bonchev–Trinajstić information content (AvgIpc) is 2.58. The quantitative estimate of drug-likeness (QED) is 0.839. The van der Waals surface area contributed by atoms with Crippen molar-refractivity contribution < 1.29 is 17.2 Å². The van der Waals surface area contributed by atoms with Gasteiger partial charge in [0.1, 0.15) is 11.6 Å². The van der Waals surface area contributed by atoms with Crippen LogP contribution in [-0.2, 0) is 10.0 Å². The van der Waals surface area contributed by atoms with Gasteiger partial charge in [0.05, 0.1) is 10.9 Å². The van der Waals surface area contributed by atoms with Gasteiger partial charge in [-0.1, -0.05) is 18.2 Å². The summed E-state index contributed by atoms with van der Waals surface area (Å²) in [6.45, 7) is 2.47. The van der Waals surface area contributed by atoms with Gasteiger partial charge in [-0.2, -0.15) is 4.31 Å². The van der Waals surface area contributed by atoms with Crippen LogP contribution >= 0.6 is 0 Å². The molecule has 1 saturated heterocycles. The van der Waals surface area contributed by atoms with Crippen molar-refractivity contribution in [1.29, 1.82) is 0 Å². The lowest BCUT2D eigenvalue weighted by atomic mass is 10.0. The first kappa shape index (κ1) is 18.0. The van der Waals surface area contributed by atoms with Crippen LogP contribution < -0.4 is 0 Å². The van der Waals surface area contributed by atoms with E-state index in [0.29, 0.717) is 18.7 Å². The Bertz CT molecular complexity index is 886. The maximum absolute atomic E-state index is 14.2. The van der Waals surface area contributed by atoms with Crippen LogP contribution in [0, 0.1) is 18.6 Å².